The van der Waals surface area contributed by atoms with Gasteiger partial charge in [-0.15, -0.1) is 0 Å². The van der Waals surface area contributed by atoms with Crippen molar-refractivity contribution >= 4 is 0 Å². The largest absolute Gasteiger partial charge is 0.396 e. The Labute approximate surface area is 129 Å². The smallest absolute Gasteiger partial charge is 0.0544 e. The van der Waals surface area contributed by atoms with E-state index in [0.29, 0.717) is 11.3 Å². The van der Waals surface area contributed by atoms with Gasteiger partial charge >= 0.3 is 0 Å². The first-order chi connectivity index (χ1) is 9.90. The van der Waals surface area contributed by atoms with Crippen molar-refractivity contribution in [1.82, 2.24) is 0 Å². The Morgan fingerprint density at radius 3 is 2.57 bits per heavy atom. The van der Waals surface area contributed by atoms with Crippen LogP contribution in [-0.4, -0.2) is 22.9 Å². The molecular weight excluding hydrogens is 260 g/mol. The Hall–Kier alpha value is -0.340. The Morgan fingerprint density at radius 2 is 1.86 bits per heavy atom. The fourth-order valence-electron chi connectivity index (χ4n) is 5.75. The molecule has 0 bridgehead atoms. The van der Waals surface area contributed by atoms with Crippen LogP contribution in [0.3, 0.4) is 0 Å². The summed E-state index contributed by atoms with van der Waals surface area (Å²) in [5.74, 6) is 1.79. The lowest BCUT2D eigenvalue weighted by atomic mass is 9.53. The van der Waals surface area contributed by atoms with Gasteiger partial charge < -0.3 is 10.2 Å². The zero-order valence-corrected chi connectivity index (χ0v) is 13.8. The highest BCUT2D eigenvalue weighted by atomic mass is 16.3. The normalized spacial score (nSPS) is 51.0. The molecule has 21 heavy (non-hydrogen) atoms. The molecule has 2 heteroatoms. The van der Waals surface area contributed by atoms with Gasteiger partial charge in [0.05, 0.1) is 6.10 Å². The van der Waals surface area contributed by atoms with Crippen molar-refractivity contribution < 1.29 is 10.2 Å². The standard InChI is InChI=1S/C19H32O2/c1-13-4-5-14-10-15(6-8-18(13,14)2)19(3)9-7-17(21)11-16(19)12-20/h14-17,20-21H,1,4-12H2,2-3H3/t14?,15?,16-,17+,18-,19?/m1/s1. The summed E-state index contributed by atoms with van der Waals surface area (Å²) in [4.78, 5) is 0. The molecule has 3 aliphatic carbocycles. The van der Waals surface area contributed by atoms with E-state index in [1.807, 2.05) is 0 Å². The molecule has 3 aliphatic rings. The Morgan fingerprint density at radius 1 is 1.10 bits per heavy atom. The van der Waals surface area contributed by atoms with Crippen LogP contribution >= 0.6 is 0 Å². The van der Waals surface area contributed by atoms with E-state index in [1.54, 1.807) is 0 Å². The molecule has 3 saturated carbocycles. The van der Waals surface area contributed by atoms with Gasteiger partial charge in [0.2, 0.25) is 0 Å². The van der Waals surface area contributed by atoms with Gasteiger partial charge in [-0.3, -0.25) is 0 Å². The maximum absolute atomic E-state index is 9.94. The maximum atomic E-state index is 9.94. The predicted molar refractivity (Wildman–Crippen MR) is 85.9 cm³/mol. The summed E-state index contributed by atoms with van der Waals surface area (Å²) in [7, 11) is 0. The second kappa shape index (κ2) is 5.38. The van der Waals surface area contributed by atoms with Gasteiger partial charge in [0.15, 0.2) is 0 Å². The number of hydrogen-bond donors (Lipinski definition) is 2. The summed E-state index contributed by atoms with van der Waals surface area (Å²) < 4.78 is 0. The molecule has 3 unspecified atom stereocenters. The molecule has 0 amide bonds. The van der Waals surface area contributed by atoms with Crippen molar-refractivity contribution in [2.45, 2.75) is 71.3 Å². The summed E-state index contributed by atoms with van der Waals surface area (Å²) in [5.41, 5.74) is 2.09. The highest BCUT2D eigenvalue weighted by Crippen LogP contribution is 2.61. The van der Waals surface area contributed by atoms with E-state index in [2.05, 4.69) is 20.4 Å². The zero-order chi connectivity index (χ0) is 15.3. The number of hydrogen-bond acceptors (Lipinski definition) is 2. The van der Waals surface area contributed by atoms with Gasteiger partial charge in [-0.2, -0.15) is 0 Å². The molecule has 0 heterocycles. The lowest BCUT2D eigenvalue weighted by Gasteiger charge is -2.52. The Bertz CT molecular complexity index is 418. The van der Waals surface area contributed by atoms with Crippen LogP contribution in [0.5, 0.6) is 0 Å². The van der Waals surface area contributed by atoms with Crippen LogP contribution in [-0.2, 0) is 0 Å². The second-order valence-electron chi connectivity index (χ2n) is 8.54. The molecule has 120 valence electrons. The average molecular weight is 292 g/mol. The molecule has 0 aromatic heterocycles. The van der Waals surface area contributed by atoms with Gasteiger partial charge in [-0.1, -0.05) is 26.0 Å². The summed E-state index contributed by atoms with van der Waals surface area (Å²) in [6.07, 6.45) is 8.96. The number of rotatable bonds is 2. The van der Waals surface area contributed by atoms with E-state index < -0.39 is 0 Å². The van der Waals surface area contributed by atoms with Crippen molar-refractivity contribution in [3.05, 3.63) is 12.2 Å². The molecule has 0 aromatic rings. The molecule has 0 aromatic carbocycles. The summed E-state index contributed by atoms with van der Waals surface area (Å²) in [6.45, 7) is 9.38. The fourth-order valence-corrected chi connectivity index (χ4v) is 5.75. The lowest BCUT2D eigenvalue weighted by molar-refractivity contribution is -0.0661. The van der Waals surface area contributed by atoms with Crippen LogP contribution in [0.4, 0.5) is 0 Å². The summed E-state index contributed by atoms with van der Waals surface area (Å²) in [5, 5.41) is 19.8. The average Bonchev–Trinajstić information content (AvgIpc) is 2.77. The number of allylic oxidation sites excluding steroid dienone is 1. The SMILES string of the molecule is C=C1CCC2CC(C3(C)CC[C@H](O)C[C@@H]3CO)CC[C@]12C. The van der Waals surface area contributed by atoms with Crippen LogP contribution in [0.15, 0.2) is 12.2 Å². The van der Waals surface area contributed by atoms with Gasteiger partial charge in [0.25, 0.3) is 0 Å². The molecule has 2 N–H and O–H groups in total. The van der Waals surface area contributed by atoms with Gasteiger partial charge in [0.1, 0.15) is 0 Å². The lowest BCUT2D eigenvalue weighted by Crippen LogP contribution is -2.46. The van der Waals surface area contributed by atoms with Crippen molar-refractivity contribution in [2.24, 2.45) is 28.6 Å². The number of aliphatic hydroxyl groups is 2. The molecule has 3 fully saturated rings. The summed E-state index contributed by atoms with van der Waals surface area (Å²) >= 11 is 0. The predicted octanol–water partition coefficient (Wildman–Crippen LogP) is 3.92. The Balaban J connectivity index is 1.77. The summed E-state index contributed by atoms with van der Waals surface area (Å²) in [6, 6.07) is 0. The minimum Gasteiger partial charge on any atom is -0.396 e. The van der Waals surface area contributed by atoms with Gasteiger partial charge in [-0.25, -0.2) is 0 Å². The molecular formula is C19H32O2. The van der Waals surface area contributed by atoms with Crippen molar-refractivity contribution in [3.63, 3.8) is 0 Å². The van der Waals surface area contributed by atoms with Crippen LogP contribution in [0.1, 0.15) is 65.2 Å². The minimum atomic E-state index is -0.199. The first-order valence-electron chi connectivity index (χ1n) is 8.87. The van der Waals surface area contributed by atoms with Gasteiger partial charge in [-0.05, 0) is 80.0 Å². The van der Waals surface area contributed by atoms with Crippen LogP contribution in [0.25, 0.3) is 0 Å². The van der Waals surface area contributed by atoms with E-state index >= 15 is 0 Å². The van der Waals surface area contributed by atoms with Crippen LogP contribution < -0.4 is 0 Å². The molecule has 6 atom stereocenters. The van der Waals surface area contributed by atoms with Gasteiger partial charge in [0, 0.05) is 6.61 Å². The number of fused-ring (bicyclic) bond motifs is 1. The maximum Gasteiger partial charge on any atom is 0.0544 e. The highest BCUT2D eigenvalue weighted by molar-refractivity contribution is 5.19. The molecule has 2 nitrogen and oxygen atoms in total. The third kappa shape index (κ3) is 2.39. The van der Waals surface area contributed by atoms with E-state index in [1.165, 1.54) is 37.7 Å². The third-order valence-electron chi connectivity index (χ3n) is 7.74. The quantitative estimate of drug-likeness (QED) is 0.757. The molecule has 3 rings (SSSR count). The van der Waals surface area contributed by atoms with Crippen molar-refractivity contribution in [2.75, 3.05) is 6.61 Å². The van der Waals surface area contributed by atoms with E-state index in [0.717, 1.165) is 25.2 Å². The fraction of sp³-hybridized carbons (Fsp3) is 0.895. The first kappa shape index (κ1) is 15.6. The first-order valence-corrected chi connectivity index (χ1v) is 8.87. The third-order valence-corrected chi connectivity index (χ3v) is 7.74. The molecule has 0 aliphatic heterocycles. The Kier molecular flexibility index (Phi) is 3.99. The van der Waals surface area contributed by atoms with Crippen molar-refractivity contribution in [1.29, 1.82) is 0 Å². The van der Waals surface area contributed by atoms with Crippen LogP contribution in [0.2, 0.25) is 0 Å². The van der Waals surface area contributed by atoms with Crippen LogP contribution in [0, 0.1) is 28.6 Å². The van der Waals surface area contributed by atoms with E-state index in [4.69, 9.17) is 0 Å². The zero-order valence-electron chi connectivity index (χ0n) is 13.8. The molecule has 0 saturated heterocycles. The monoisotopic (exact) mass is 292 g/mol. The molecule has 0 radical (unpaired) electrons. The second-order valence-corrected chi connectivity index (χ2v) is 8.54. The highest BCUT2D eigenvalue weighted by Gasteiger charge is 2.51. The van der Waals surface area contributed by atoms with E-state index in [9.17, 15) is 10.2 Å². The molecule has 0 spiro atoms. The van der Waals surface area contributed by atoms with Crippen molar-refractivity contribution in [3.8, 4) is 0 Å². The minimum absolute atomic E-state index is 0.199. The number of aliphatic hydroxyl groups excluding tert-OH is 2. The van der Waals surface area contributed by atoms with E-state index in [-0.39, 0.29) is 24.0 Å². The topological polar surface area (TPSA) is 40.5 Å².